The molecule has 1 N–H and O–H groups in total. The second kappa shape index (κ2) is 6.05. The smallest absolute Gasteiger partial charge is 0.0572 e. The van der Waals surface area contributed by atoms with E-state index in [1.54, 1.807) is 7.11 Å². The molecule has 0 rings (SSSR count). The van der Waals surface area contributed by atoms with Crippen molar-refractivity contribution in [2.45, 2.75) is 26.7 Å². The summed E-state index contributed by atoms with van der Waals surface area (Å²) in [6.45, 7) is 5.42. The Morgan fingerprint density at radius 3 is 2.67 bits per heavy atom. The van der Waals surface area contributed by atoms with Crippen molar-refractivity contribution >= 4 is 0 Å². The summed E-state index contributed by atoms with van der Waals surface area (Å²) in [6.07, 6.45) is 2.45. The van der Waals surface area contributed by atoms with Gasteiger partial charge in [0.2, 0.25) is 0 Å². The summed E-state index contributed by atoms with van der Waals surface area (Å²) in [5.41, 5.74) is 2.81. The van der Waals surface area contributed by atoms with E-state index < -0.39 is 0 Å². The molecular formula is C7H17NO. The van der Waals surface area contributed by atoms with Gasteiger partial charge >= 0.3 is 0 Å². The summed E-state index contributed by atoms with van der Waals surface area (Å²) in [7, 11) is 1.65. The second-order valence-corrected chi connectivity index (χ2v) is 2.40. The lowest BCUT2D eigenvalue weighted by Crippen LogP contribution is -2.15. The highest BCUT2D eigenvalue weighted by atomic mass is 16.6. The molecule has 0 radical (unpaired) electrons. The number of hydroxylamine groups is 1. The van der Waals surface area contributed by atoms with Crippen LogP contribution in [0.4, 0.5) is 0 Å². The van der Waals surface area contributed by atoms with Gasteiger partial charge in [-0.15, -0.1) is 0 Å². The minimum atomic E-state index is 0.813. The van der Waals surface area contributed by atoms with Crippen LogP contribution in [-0.4, -0.2) is 13.7 Å². The van der Waals surface area contributed by atoms with Crippen LogP contribution < -0.4 is 5.48 Å². The summed E-state index contributed by atoms with van der Waals surface area (Å²) >= 11 is 0. The van der Waals surface area contributed by atoms with Crippen LogP contribution in [0.25, 0.3) is 0 Å². The SMILES string of the molecule is CCC(C)CCNOC. The van der Waals surface area contributed by atoms with Crippen molar-refractivity contribution < 1.29 is 4.84 Å². The molecule has 1 unspecified atom stereocenters. The quantitative estimate of drug-likeness (QED) is 0.451. The van der Waals surface area contributed by atoms with Crippen LogP contribution in [0.15, 0.2) is 0 Å². The minimum absolute atomic E-state index is 0.813. The average Bonchev–Trinajstić information content (AvgIpc) is 1.89. The van der Waals surface area contributed by atoms with Crippen LogP contribution in [0.1, 0.15) is 26.7 Å². The molecule has 9 heavy (non-hydrogen) atoms. The van der Waals surface area contributed by atoms with Gasteiger partial charge in [0.05, 0.1) is 7.11 Å². The highest BCUT2D eigenvalue weighted by Crippen LogP contribution is 2.03. The Bertz CT molecular complexity index is 56.9. The van der Waals surface area contributed by atoms with Crippen LogP contribution in [0.5, 0.6) is 0 Å². The molecule has 2 nitrogen and oxygen atoms in total. The Balaban J connectivity index is 2.88. The van der Waals surface area contributed by atoms with Crippen LogP contribution in [0, 0.1) is 5.92 Å². The summed E-state index contributed by atoms with van der Waals surface area (Å²) < 4.78 is 0. The van der Waals surface area contributed by atoms with E-state index in [-0.39, 0.29) is 0 Å². The number of hydrogen-bond donors (Lipinski definition) is 1. The average molecular weight is 131 g/mol. The van der Waals surface area contributed by atoms with Gasteiger partial charge < -0.3 is 4.84 Å². The predicted octanol–water partition coefficient (Wildman–Crippen LogP) is 1.57. The number of hydrogen-bond acceptors (Lipinski definition) is 2. The van der Waals surface area contributed by atoms with Gasteiger partial charge in [-0.2, -0.15) is 0 Å². The maximum Gasteiger partial charge on any atom is 0.0572 e. The van der Waals surface area contributed by atoms with Crippen molar-refractivity contribution in [2.75, 3.05) is 13.7 Å². The van der Waals surface area contributed by atoms with E-state index in [0.717, 1.165) is 12.5 Å². The molecule has 0 aliphatic rings. The van der Waals surface area contributed by atoms with E-state index >= 15 is 0 Å². The Hall–Kier alpha value is -0.0800. The second-order valence-electron chi connectivity index (χ2n) is 2.40. The van der Waals surface area contributed by atoms with E-state index in [4.69, 9.17) is 0 Å². The van der Waals surface area contributed by atoms with Gasteiger partial charge in [0.1, 0.15) is 0 Å². The van der Waals surface area contributed by atoms with Crippen molar-refractivity contribution in [3.63, 3.8) is 0 Å². The molecule has 0 heterocycles. The third-order valence-electron chi connectivity index (χ3n) is 1.58. The molecule has 56 valence electrons. The molecule has 0 aliphatic heterocycles. The topological polar surface area (TPSA) is 21.3 Å². The highest BCUT2D eigenvalue weighted by molar-refractivity contribution is 4.49. The first-order valence-electron chi connectivity index (χ1n) is 3.57. The minimum Gasteiger partial charge on any atom is -0.305 e. The fourth-order valence-electron chi connectivity index (χ4n) is 0.612. The Labute approximate surface area is 57.5 Å². The predicted molar refractivity (Wildman–Crippen MR) is 39.1 cm³/mol. The molecule has 0 aromatic heterocycles. The Morgan fingerprint density at radius 2 is 2.22 bits per heavy atom. The molecule has 0 amide bonds. The van der Waals surface area contributed by atoms with Crippen molar-refractivity contribution in [1.29, 1.82) is 0 Å². The first-order valence-corrected chi connectivity index (χ1v) is 3.57. The maximum absolute atomic E-state index is 4.69. The van der Waals surface area contributed by atoms with Gasteiger partial charge in [0.15, 0.2) is 0 Å². The number of nitrogens with one attached hydrogen (secondary N) is 1. The molecule has 0 bridgehead atoms. The van der Waals surface area contributed by atoms with Gasteiger partial charge in [0, 0.05) is 6.54 Å². The van der Waals surface area contributed by atoms with Gasteiger partial charge in [0.25, 0.3) is 0 Å². The van der Waals surface area contributed by atoms with Crippen molar-refractivity contribution in [2.24, 2.45) is 5.92 Å². The lowest BCUT2D eigenvalue weighted by atomic mass is 10.1. The van der Waals surface area contributed by atoms with Crippen molar-refractivity contribution in [3.05, 3.63) is 0 Å². The van der Waals surface area contributed by atoms with Gasteiger partial charge in [-0.3, -0.25) is 0 Å². The molecule has 2 heteroatoms. The number of rotatable bonds is 5. The summed E-state index contributed by atoms with van der Waals surface area (Å²) in [5, 5.41) is 0. The standard InChI is InChI=1S/C7H17NO/c1-4-7(2)5-6-8-9-3/h7-8H,4-6H2,1-3H3. The van der Waals surface area contributed by atoms with Crippen molar-refractivity contribution in [1.82, 2.24) is 5.48 Å². The first-order chi connectivity index (χ1) is 4.31. The molecule has 0 aliphatic carbocycles. The largest absolute Gasteiger partial charge is 0.305 e. The molecule has 0 aromatic carbocycles. The van der Waals surface area contributed by atoms with Crippen LogP contribution in [0.3, 0.4) is 0 Å². The molecule has 0 fully saturated rings. The molecule has 0 spiro atoms. The van der Waals surface area contributed by atoms with E-state index in [9.17, 15) is 0 Å². The van der Waals surface area contributed by atoms with E-state index in [1.807, 2.05) is 0 Å². The fraction of sp³-hybridized carbons (Fsp3) is 1.00. The van der Waals surface area contributed by atoms with Gasteiger partial charge in [-0.05, 0) is 12.3 Å². The molecule has 0 saturated heterocycles. The molecular weight excluding hydrogens is 114 g/mol. The maximum atomic E-state index is 4.69. The highest BCUT2D eigenvalue weighted by Gasteiger charge is 1.95. The first kappa shape index (κ1) is 8.92. The van der Waals surface area contributed by atoms with Crippen LogP contribution >= 0.6 is 0 Å². The fourth-order valence-corrected chi connectivity index (χ4v) is 0.612. The van der Waals surface area contributed by atoms with E-state index in [0.29, 0.717) is 0 Å². The van der Waals surface area contributed by atoms with E-state index in [1.165, 1.54) is 12.8 Å². The Morgan fingerprint density at radius 1 is 1.56 bits per heavy atom. The van der Waals surface area contributed by atoms with Gasteiger partial charge in [-0.1, -0.05) is 20.3 Å². The summed E-state index contributed by atoms with van der Waals surface area (Å²) in [5.74, 6) is 0.813. The summed E-state index contributed by atoms with van der Waals surface area (Å²) in [4.78, 5) is 4.69. The summed E-state index contributed by atoms with van der Waals surface area (Å²) in [6, 6.07) is 0. The third-order valence-corrected chi connectivity index (χ3v) is 1.58. The normalized spacial score (nSPS) is 13.7. The molecule has 0 aromatic rings. The third kappa shape index (κ3) is 5.80. The molecule has 0 saturated carbocycles. The zero-order chi connectivity index (χ0) is 7.11. The van der Waals surface area contributed by atoms with Crippen LogP contribution in [-0.2, 0) is 4.84 Å². The Kier molecular flexibility index (Phi) is 5.99. The zero-order valence-electron chi connectivity index (χ0n) is 6.61. The zero-order valence-corrected chi connectivity index (χ0v) is 6.61. The van der Waals surface area contributed by atoms with E-state index in [2.05, 4.69) is 24.2 Å². The van der Waals surface area contributed by atoms with Gasteiger partial charge in [-0.25, -0.2) is 5.48 Å². The monoisotopic (exact) mass is 131 g/mol. The lowest BCUT2D eigenvalue weighted by Gasteiger charge is -2.06. The lowest BCUT2D eigenvalue weighted by molar-refractivity contribution is 0.0877. The van der Waals surface area contributed by atoms with Crippen LogP contribution in [0.2, 0.25) is 0 Å². The molecule has 1 atom stereocenters. The van der Waals surface area contributed by atoms with Crippen molar-refractivity contribution in [3.8, 4) is 0 Å².